The SMILES string of the molecule is Fc1cccnc1O[C@@H]1CN(C2CCOCC2)Cc2ccnn2C1. The highest BCUT2D eigenvalue weighted by atomic mass is 19.1. The maximum Gasteiger partial charge on any atom is 0.250 e. The molecule has 128 valence electrons. The predicted octanol–water partition coefficient (Wildman–Crippen LogP) is 1.86. The van der Waals surface area contributed by atoms with Crippen LogP contribution in [0.3, 0.4) is 0 Å². The minimum Gasteiger partial charge on any atom is -0.469 e. The molecule has 4 rings (SSSR count). The van der Waals surface area contributed by atoms with Gasteiger partial charge in [0.05, 0.1) is 12.2 Å². The average Bonchev–Trinajstić information content (AvgIpc) is 2.96. The molecule has 0 saturated carbocycles. The standard InChI is InChI=1S/C17H21FN4O2/c18-16-2-1-6-19-17(16)24-15-11-21(13-4-8-23-9-5-13)10-14-3-7-20-22(14)12-15/h1-3,6-7,13,15H,4-5,8-12H2/t15-/m1/s1. The van der Waals surface area contributed by atoms with Gasteiger partial charge in [0, 0.05) is 44.7 Å². The van der Waals surface area contributed by atoms with Gasteiger partial charge in [-0.05, 0) is 31.0 Å². The first-order chi connectivity index (χ1) is 11.8. The van der Waals surface area contributed by atoms with Crippen LogP contribution in [0.5, 0.6) is 5.88 Å². The summed E-state index contributed by atoms with van der Waals surface area (Å²) in [4.78, 5) is 6.43. The molecule has 0 radical (unpaired) electrons. The van der Waals surface area contributed by atoms with Crippen LogP contribution in [0.15, 0.2) is 30.6 Å². The van der Waals surface area contributed by atoms with E-state index in [1.807, 2.05) is 10.7 Å². The zero-order valence-electron chi connectivity index (χ0n) is 13.5. The van der Waals surface area contributed by atoms with Gasteiger partial charge in [-0.25, -0.2) is 9.37 Å². The first-order valence-electron chi connectivity index (χ1n) is 8.39. The number of aromatic nitrogens is 3. The number of hydrogen-bond acceptors (Lipinski definition) is 5. The van der Waals surface area contributed by atoms with Crippen LogP contribution in [-0.4, -0.2) is 51.6 Å². The zero-order valence-corrected chi connectivity index (χ0v) is 13.5. The van der Waals surface area contributed by atoms with Gasteiger partial charge in [0.15, 0.2) is 5.82 Å². The van der Waals surface area contributed by atoms with Crippen LogP contribution in [-0.2, 0) is 17.8 Å². The molecule has 0 spiro atoms. The molecule has 7 heteroatoms. The van der Waals surface area contributed by atoms with E-state index in [0.717, 1.165) is 44.8 Å². The Morgan fingerprint density at radius 2 is 2.04 bits per heavy atom. The van der Waals surface area contributed by atoms with Gasteiger partial charge in [-0.1, -0.05) is 0 Å². The van der Waals surface area contributed by atoms with E-state index in [9.17, 15) is 4.39 Å². The third-order valence-electron chi connectivity index (χ3n) is 4.69. The highest BCUT2D eigenvalue weighted by Gasteiger charge is 2.30. The van der Waals surface area contributed by atoms with Crippen molar-refractivity contribution in [3.63, 3.8) is 0 Å². The van der Waals surface area contributed by atoms with Gasteiger partial charge in [-0.3, -0.25) is 9.58 Å². The Morgan fingerprint density at radius 1 is 1.17 bits per heavy atom. The number of nitrogens with zero attached hydrogens (tertiary/aromatic N) is 4. The normalized spacial score (nSPS) is 22.8. The predicted molar refractivity (Wildman–Crippen MR) is 85.1 cm³/mol. The second kappa shape index (κ2) is 6.86. The van der Waals surface area contributed by atoms with Crippen LogP contribution in [0.25, 0.3) is 0 Å². The Hall–Kier alpha value is -1.99. The third-order valence-corrected chi connectivity index (χ3v) is 4.69. The van der Waals surface area contributed by atoms with Crippen molar-refractivity contribution in [1.29, 1.82) is 0 Å². The number of rotatable bonds is 3. The number of halogens is 1. The Balaban J connectivity index is 1.56. The molecule has 0 aromatic carbocycles. The zero-order chi connectivity index (χ0) is 16.4. The average molecular weight is 332 g/mol. The lowest BCUT2D eigenvalue weighted by Gasteiger charge is -2.34. The molecule has 0 N–H and O–H groups in total. The number of ether oxygens (including phenoxy) is 2. The summed E-state index contributed by atoms with van der Waals surface area (Å²) in [5, 5.41) is 4.38. The van der Waals surface area contributed by atoms with E-state index in [-0.39, 0.29) is 12.0 Å². The van der Waals surface area contributed by atoms with Crippen molar-refractivity contribution in [3.8, 4) is 5.88 Å². The van der Waals surface area contributed by atoms with Crippen LogP contribution in [0.2, 0.25) is 0 Å². The van der Waals surface area contributed by atoms with Gasteiger partial charge in [0.1, 0.15) is 6.10 Å². The molecule has 6 nitrogen and oxygen atoms in total. The van der Waals surface area contributed by atoms with Gasteiger partial charge in [-0.15, -0.1) is 0 Å². The molecular weight excluding hydrogens is 311 g/mol. The molecule has 1 atom stereocenters. The third kappa shape index (κ3) is 3.27. The smallest absolute Gasteiger partial charge is 0.250 e. The highest BCUT2D eigenvalue weighted by Crippen LogP contribution is 2.23. The van der Waals surface area contributed by atoms with Crippen LogP contribution in [0, 0.1) is 5.82 Å². The largest absolute Gasteiger partial charge is 0.469 e. The molecule has 4 heterocycles. The van der Waals surface area contributed by atoms with Crippen LogP contribution in [0.1, 0.15) is 18.5 Å². The molecule has 0 unspecified atom stereocenters. The van der Waals surface area contributed by atoms with Crippen LogP contribution < -0.4 is 4.74 Å². The van der Waals surface area contributed by atoms with Crippen molar-refractivity contribution in [1.82, 2.24) is 19.7 Å². The molecule has 0 aliphatic carbocycles. The van der Waals surface area contributed by atoms with Crippen molar-refractivity contribution in [2.45, 2.75) is 38.1 Å². The minimum absolute atomic E-state index is 0.0602. The number of fused-ring (bicyclic) bond motifs is 1. The van der Waals surface area contributed by atoms with Crippen molar-refractivity contribution >= 4 is 0 Å². The lowest BCUT2D eigenvalue weighted by atomic mass is 10.1. The quantitative estimate of drug-likeness (QED) is 0.859. The molecule has 24 heavy (non-hydrogen) atoms. The number of hydrogen-bond donors (Lipinski definition) is 0. The fourth-order valence-electron chi connectivity index (χ4n) is 3.46. The fourth-order valence-corrected chi connectivity index (χ4v) is 3.46. The molecule has 1 fully saturated rings. The lowest BCUT2D eigenvalue weighted by Crippen LogP contribution is -2.43. The van der Waals surface area contributed by atoms with E-state index in [2.05, 4.69) is 15.0 Å². The molecule has 1 saturated heterocycles. The van der Waals surface area contributed by atoms with Gasteiger partial charge in [-0.2, -0.15) is 5.10 Å². The van der Waals surface area contributed by atoms with Crippen molar-refractivity contribution < 1.29 is 13.9 Å². The van der Waals surface area contributed by atoms with Crippen molar-refractivity contribution in [2.24, 2.45) is 0 Å². The van der Waals surface area contributed by atoms with E-state index in [1.54, 1.807) is 18.5 Å². The molecule has 0 amide bonds. The molecule has 2 aromatic heterocycles. The molecule has 0 bridgehead atoms. The van der Waals surface area contributed by atoms with Gasteiger partial charge in [0.25, 0.3) is 5.88 Å². The Morgan fingerprint density at radius 3 is 2.88 bits per heavy atom. The Kier molecular flexibility index (Phi) is 4.44. The molecular formula is C17H21FN4O2. The van der Waals surface area contributed by atoms with E-state index in [0.29, 0.717) is 12.6 Å². The summed E-state index contributed by atoms with van der Waals surface area (Å²) in [5.74, 6) is -0.370. The monoisotopic (exact) mass is 332 g/mol. The van der Waals surface area contributed by atoms with Crippen LogP contribution in [0.4, 0.5) is 4.39 Å². The van der Waals surface area contributed by atoms with Crippen molar-refractivity contribution in [3.05, 3.63) is 42.1 Å². The van der Waals surface area contributed by atoms with E-state index >= 15 is 0 Å². The van der Waals surface area contributed by atoms with E-state index in [4.69, 9.17) is 9.47 Å². The summed E-state index contributed by atoms with van der Waals surface area (Å²) in [5.41, 5.74) is 1.16. The van der Waals surface area contributed by atoms with Gasteiger partial charge < -0.3 is 9.47 Å². The fraction of sp³-hybridized carbons (Fsp3) is 0.529. The topological polar surface area (TPSA) is 52.4 Å². The summed E-state index contributed by atoms with van der Waals surface area (Å²) >= 11 is 0. The first kappa shape index (κ1) is 15.5. The maximum absolute atomic E-state index is 13.9. The van der Waals surface area contributed by atoms with Crippen molar-refractivity contribution in [2.75, 3.05) is 19.8 Å². The summed E-state index contributed by atoms with van der Waals surface area (Å²) < 4.78 is 27.2. The molecule has 2 aliphatic heterocycles. The first-order valence-corrected chi connectivity index (χ1v) is 8.39. The second-order valence-electron chi connectivity index (χ2n) is 6.31. The second-order valence-corrected chi connectivity index (χ2v) is 6.31. The van der Waals surface area contributed by atoms with Crippen LogP contribution >= 0.6 is 0 Å². The Labute approximate surface area is 140 Å². The van der Waals surface area contributed by atoms with Gasteiger partial charge in [0.2, 0.25) is 0 Å². The van der Waals surface area contributed by atoms with E-state index < -0.39 is 5.82 Å². The van der Waals surface area contributed by atoms with Gasteiger partial charge >= 0.3 is 0 Å². The summed E-state index contributed by atoms with van der Waals surface area (Å²) in [6.45, 7) is 3.74. The minimum atomic E-state index is -0.431. The number of pyridine rings is 1. The molecule has 2 aromatic rings. The summed E-state index contributed by atoms with van der Waals surface area (Å²) in [6.07, 6.45) is 5.18. The maximum atomic E-state index is 13.9. The summed E-state index contributed by atoms with van der Waals surface area (Å²) in [6, 6.07) is 5.43. The molecule has 2 aliphatic rings. The highest BCUT2D eigenvalue weighted by molar-refractivity contribution is 5.13. The Bertz CT molecular complexity index is 687. The lowest BCUT2D eigenvalue weighted by molar-refractivity contribution is 0.0159. The summed E-state index contributed by atoms with van der Waals surface area (Å²) in [7, 11) is 0. The van der Waals surface area contributed by atoms with E-state index in [1.165, 1.54) is 6.07 Å².